The zero-order valence-electron chi connectivity index (χ0n) is 34.1. The van der Waals surface area contributed by atoms with Crippen molar-refractivity contribution >= 4 is 38.9 Å². The minimum Gasteiger partial charge on any atom is -0.310 e. The van der Waals surface area contributed by atoms with Crippen LogP contribution in [0.2, 0.25) is 0 Å². The van der Waals surface area contributed by atoms with Gasteiger partial charge in [-0.15, -0.1) is 0 Å². The maximum atomic E-state index is 2.43. The van der Waals surface area contributed by atoms with E-state index in [2.05, 4.69) is 264 Å². The molecule has 10 aromatic carbocycles. The van der Waals surface area contributed by atoms with Gasteiger partial charge in [-0.1, -0.05) is 194 Å². The molecule has 11 rings (SSSR count). The molecular weight excluding hydrogens is 749 g/mol. The Morgan fingerprint density at radius 1 is 0.258 bits per heavy atom. The first-order valence-corrected chi connectivity index (χ1v) is 21.3. The maximum absolute atomic E-state index is 2.43. The highest BCUT2D eigenvalue weighted by atomic mass is 15.1. The van der Waals surface area contributed by atoms with Crippen LogP contribution in [0.1, 0.15) is 0 Å². The van der Waals surface area contributed by atoms with Crippen LogP contribution < -0.4 is 4.90 Å². The topological polar surface area (TPSA) is 8.17 Å². The van der Waals surface area contributed by atoms with Crippen LogP contribution in [-0.2, 0) is 0 Å². The Bertz CT molecular complexity index is 3180. The second-order valence-corrected chi connectivity index (χ2v) is 15.7. The monoisotopic (exact) mass is 790 g/mol. The number of hydrogen-bond donors (Lipinski definition) is 0. The molecule has 0 saturated carbocycles. The van der Waals surface area contributed by atoms with Crippen molar-refractivity contribution in [3.05, 3.63) is 255 Å². The van der Waals surface area contributed by atoms with Crippen LogP contribution >= 0.6 is 0 Å². The number of rotatable bonds is 9. The van der Waals surface area contributed by atoms with Crippen LogP contribution in [0.25, 0.3) is 83.1 Å². The molecule has 62 heavy (non-hydrogen) atoms. The Labute approximate surface area is 362 Å². The summed E-state index contributed by atoms with van der Waals surface area (Å²) in [5.41, 5.74) is 18.5. The molecule has 0 aliphatic carbocycles. The van der Waals surface area contributed by atoms with Crippen LogP contribution in [0.3, 0.4) is 0 Å². The van der Waals surface area contributed by atoms with E-state index >= 15 is 0 Å². The number of anilines is 3. The smallest absolute Gasteiger partial charge is 0.0541 e. The third kappa shape index (κ3) is 6.84. The molecule has 11 aromatic rings. The lowest BCUT2D eigenvalue weighted by molar-refractivity contribution is 1.18. The standard InChI is InChI=1S/C60H42N2/c1-4-17-43(18-5-1)46-31-36-51(37-32-46)61(52-38-33-47(34-39-52)44-19-6-2-7-20-44)60-40-35-50(42-56(60)49-24-16-23-48(41-49)45-21-8-3-9-22-45)53-25-10-13-28-57(53)62-58-29-14-11-26-54(58)55-27-12-15-30-59(55)62/h1-42H. The number of aromatic nitrogens is 1. The van der Waals surface area contributed by atoms with Crippen LogP contribution in [0.5, 0.6) is 0 Å². The number of nitrogens with zero attached hydrogens (tertiary/aromatic N) is 2. The summed E-state index contributed by atoms with van der Waals surface area (Å²) in [6.45, 7) is 0. The number of fused-ring (bicyclic) bond motifs is 3. The van der Waals surface area contributed by atoms with E-state index in [-0.39, 0.29) is 0 Å². The molecular formula is C60H42N2. The van der Waals surface area contributed by atoms with Gasteiger partial charge >= 0.3 is 0 Å². The molecule has 292 valence electrons. The SMILES string of the molecule is c1ccc(-c2ccc(N(c3ccc(-c4ccccc4)cc3)c3ccc(-c4ccccc4-n4c5ccccc5c5ccccc54)cc3-c3cccc(-c4ccccc4)c3)cc2)cc1. The second kappa shape index (κ2) is 16.1. The van der Waals surface area contributed by atoms with E-state index in [1.165, 1.54) is 55.2 Å². The van der Waals surface area contributed by atoms with E-state index in [1.54, 1.807) is 0 Å². The summed E-state index contributed by atoms with van der Waals surface area (Å²) in [6, 6.07) is 92.2. The third-order valence-electron chi connectivity index (χ3n) is 12.0. The van der Waals surface area contributed by atoms with Crippen molar-refractivity contribution in [2.75, 3.05) is 4.90 Å². The number of para-hydroxylation sites is 3. The average Bonchev–Trinajstić information content (AvgIpc) is 3.70. The fourth-order valence-corrected chi connectivity index (χ4v) is 9.02. The molecule has 1 heterocycles. The van der Waals surface area contributed by atoms with E-state index in [4.69, 9.17) is 0 Å². The van der Waals surface area contributed by atoms with Gasteiger partial charge < -0.3 is 9.47 Å². The van der Waals surface area contributed by atoms with Crippen LogP contribution in [-0.4, -0.2) is 4.57 Å². The first-order valence-electron chi connectivity index (χ1n) is 21.3. The normalized spacial score (nSPS) is 11.2. The summed E-state index contributed by atoms with van der Waals surface area (Å²) in [5, 5.41) is 2.50. The summed E-state index contributed by atoms with van der Waals surface area (Å²) in [5.74, 6) is 0. The van der Waals surface area contributed by atoms with Gasteiger partial charge in [0.05, 0.1) is 22.4 Å². The Morgan fingerprint density at radius 3 is 1.23 bits per heavy atom. The fourth-order valence-electron chi connectivity index (χ4n) is 9.02. The molecule has 1 aromatic heterocycles. The van der Waals surface area contributed by atoms with Gasteiger partial charge in [0.2, 0.25) is 0 Å². The van der Waals surface area contributed by atoms with Crippen LogP contribution in [0, 0.1) is 0 Å². The summed E-state index contributed by atoms with van der Waals surface area (Å²) < 4.78 is 2.43. The summed E-state index contributed by atoms with van der Waals surface area (Å²) in [4.78, 5) is 2.41. The molecule has 0 aliphatic heterocycles. The maximum Gasteiger partial charge on any atom is 0.0541 e. The van der Waals surface area contributed by atoms with E-state index in [1.807, 2.05) is 0 Å². The highest BCUT2D eigenvalue weighted by molar-refractivity contribution is 6.10. The molecule has 0 fully saturated rings. The van der Waals surface area contributed by atoms with Crippen molar-refractivity contribution in [1.82, 2.24) is 4.57 Å². The van der Waals surface area contributed by atoms with Gasteiger partial charge in [0.25, 0.3) is 0 Å². The van der Waals surface area contributed by atoms with Gasteiger partial charge in [0.15, 0.2) is 0 Å². The Kier molecular flexibility index (Phi) is 9.57. The summed E-state index contributed by atoms with van der Waals surface area (Å²) in [6.07, 6.45) is 0. The minimum absolute atomic E-state index is 1.08. The Morgan fingerprint density at radius 2 is 0.661 bits per heavy atom. The summed E-state index contributed by atoms with van der Waals surface area (Å²) in [7, 11) is 0. The third-order valence-corrected chi connectivity index (χ3v) is 12.0. The van der Waals surface area contributed by atoms with Crippen molar-refractivity contribution in [2.24, 2.45) is 0 Å². The first kappa shape index (κ1) is 36.8. The largest absolute Gasteiger partial charge is 0.310 e. The van der Waals surface area contributed by atoms with E-state index in [9.17, 15) is 0 Å². The lowest BCUT2D eigenvalue weighted by Gasteiger charge is -2.29. The molecule has 2 heteroatoms. The molecule has 0 saturated heterocycles. The molecule has 0 spiro atoms. The number of benzene rings is 10. The van der Waals surface area contributed by atoms with Crippen molar-refractivity contribution in [3.8, 4) is 61.3 Å². The molecule has 0 amide bonds. The van der Waals surface area contributed by atoms with Crippen LogP contribution in [0.4, 0.5) is 17.1 Å². The predicted molar refractivity (Wildman–Crippen MR) is 263 cm³/mol. The molecule has 0 unspecified atom stereocenters. The van der Waals surface area contributed by atoms with Crippen molar-refractivity contribution in [2.45, 2.75) is 0 Å². The lowest BCUT2D eigenvalue weighted by atomic mass is 9.93. The van der Waals surface area contributed by atoms with E-state index < -0.39 is 0 Å². The molecule has 0 bridgehead atoms. The van der Waals surface area contributed by atoms with Crippen molar-refractivity contribution < 1.29 is 0 Å². The van der Waals surface area contributed by atoms with Gasteiger partial charge in [0, 0.05) is 33.3 Å². The lowest BCUT2D eigenvalue weighted by Crippen LogP contribution is -2.11. The first-order chi connectivity index (χ1) is 30.8. The average molecular weight is 791 g/mol. The predicted octanol–water partition coefficient (Wildman–Crippen LogP) is 16.6. The fraction of sp³-hybridized carbons (Fsp3) is 0. The van der Waals surface area contributed by atoms with E-state index in [0.29, 0.717) is 0 Å². The Balaban J connectivity index is 1.13. The van der Waals surface area contributed by atoms with Gasteiger partial charge in [-0.3, -0.25) is 0 Å². The van der Waals surface area contributed by atoms with Gasteiger partial charge in [-0.25, -0.2) is 0 Å². The van der Waals surface area contributed by atoms with Crippen LogP contribution in [0.15, 0.2) is 255 Å². The van der Waals surface area contributed by atoms with Gasteiger partial charge in [0.1, 0.15) is 0 Å². The highest BCUT2D eigenvalue weighted by Crippen LogP contribution is 2.45. The van der Waals surface area contributed by atoms with Crippen molar-refractivity contribution in [3.63, 3.8) is 0 Å². The Hall–Kier alpha value is -8.20. The van der Waals surface area contributed by atoms with E-state index in [0.717, 1.165) is 45.0 Å². The minimum atomic E-state index is 1.08. The zero-order valence-corrected chi connectivity index (χ0v) is 34.1. The molecule has 0 aliphatic rings. The highest BCUT2D eigenvalue weighted by Gasteiger charge is 2.21. The molecule has 0 radical (unpaired) electrons. The van der Waals surface area contributed by atoms with Gasteiger partial charge in [-0.05, 0) is 105 Å². The zero-order chi connectivity index (χ0) is 41.2. The van der Waals surface area contributed by atoms with Crippen molar-refractivity contribution in [1.29, 1.82) is 0 Å². The molecule has 0 N–H and O–H groups in total. The van der Waals surface area contributed by atoms with Gasteiger partial charge in [-0.2, -0.15) is 0 Å². The summed E-state index contributed by atoms with van der Waals surface area (Å²) >= 11 is 0. The molecule has 2 nitrogen and oxygen atoms in total. The number of hydrogen-bond acceptors (Lipinski definition) is 1. The quantitative estimate of drug-likeness (QED) is 0.141. The second-order valence-electron chi connectivity index (χ2n) is 15.7. The molecule has 0 atom stereocenters.